The predicted octanol–water partition coefficient (Wildman–Crippen LogP) is -1.07. The highest BCUT2D eigenvalue weighted by molar-refractivity contribution is 4.88. The summed E-state index contributed by atoms with van der Waals surface area (Å²) < 4.78 is 17.6. The van der Waals surface area contributed by atoms with E-state index in [1.807, 2.05) is 7.05 Å². The molecule has 5 unspecified atom stereocenters. The van der Waals surface area contributed by atoms with Crippen molar-refractivity contribution in [3.05, 3.63) is 0 Å². The van der Waals surface area contributed by atoms with Crippen LogP contribution >= 0.6 is 0 Å². The van der Waals surface area contributed by atoms with Crippen LogP contribution in [0.15, 0.2) is 0 Å². The van der Waals surface area contributed by atoms with Gasteiger partial charge in [0.1, 0.15) is 6.29 Å². The molecule has 2 heterocycles. The van der Waals surface area contributed by atoms with Crippen LogP contribution in [0.1, 0.15) is 25.7 Å². The molecule has 2 saturated heterocycles. The van der Waals surface area contributed by atoms with Gasteiger partial charge in [-0.1, -0.05) is 0 Å². The Balaban J connectivity index is 1.45. The quantitative estimate of drug-likeness (QED) is 0.394. The summed E-state index contributed by atoms with van der Waals surface area (Å²) in [5, 5.41) is 17.4. The van der Waals surface area contributed by atoms with Gasteiger partial charge in [0.2, 0.25) is 0 Å². The average Bonchev–Trinajstić information content (AvgIpc) is 2.67. The van der Waals surface area contributed by atoms with Gasteiger partial charge in [-0.25, -0.2) is 0 Å². The summed E-state index contributed by atoms with van der Waals surface area (Å²) in [5.41, 5.74) is 0. The lowest BCUT2D eigenvalue weighted by atomic mass is 9.90. The maximum Gasteiger partial charge on any atom is 0.113 e. The van der Waals surface area contributed by atoms with E-state index >= 15 is 0 Å². The minimum Gasteiger partial charge on any atom is -0.379 e. The molecule has 3 rings (SSSR count). The number of rotatable bonds is 7. The summed E-state index contributed by atoms with van der Waals surface area (Å²) in [5.74, 6) is 0. The summed E-state index contributed by atoms with van der Waals surface area (Å²) in [7, 11) is 3.78. The highest BCUT2D eigenvalue weighted by Crippen LogP contribution is 2.24. The van der Waals surface area contributed by atoms with Gasteiger partial charge in [-0.3, -0.25) is 16.0 Å². The monoisotopic (exact) mass is 357 g/mol. The van der Waals surface area contributed by atoms with Crippen molar-refractivity contribution in [2.75, 3.05) is 47.0 Å². The van der Waals surface area contributed by atoms with E-state index in [0.29, 0.717) is 18.8 Å². The Morgan fingerprint density at radius 1 is 1.16 bits per heavy atom. The molecule has 0 aromatic heterocycles. The molecular formula is C17H35N5O3. The second kappa shape index (κ2) is 10.1. The standard InChI is InChI=1S/C17H35N5O3/c1-18-16-5-6-20-17(22-16)21-12-3-4-14(23-2)15(9-12)25-11-13-10-19-7-8-24-13/h12-22H,3-11H2,1-2H3/t12?,13-,14?,15?,16?,17?/m1/s1. The molecule has 2 aliphatic heterocycles. The molecule has 0 spiro atoms. The molecular weight excluding hydrogens is 322 g/mol. The molecule has 8 heteroatoms. The zero-order valence-electron chi connectivity index (χ0n) is 15.6. The summed E-state index contributed by atoms with van der Waals surface area (Å²) in [6.07, 6.45) is 5.11. The second-order valence-corrected chi connectivity index (χ2v) is 7.20. The molecule has 8 nitrogen and oxygen atoms in total. The first-order valence-corrected chi connectivity index (χ1v) is 9.68. The van der Waals surface area contributed by atoms with Crippen LogP contribution in [0.3, 0.4) is 0 Å². The first-order chi connectivity index (χ1) is 12.3. The number of ether oxygens (including phenoxy) is 3. The van der Waals surface area contributed by atoms with Crippen molar-refractivity contribution in [1.82, 2.24) is 26.6 Å². The fraction of sp³-hybridized carbons (Fsp3) is 1.00. The van der Waals surface area contributed by atoms with Crippen molar-refractivity contribution >= 4 is 0 Å². The molecule has 1 saturated carbocycles. The highest BCUT2D eigenvalue weighted by Gasteiger charge is 2.33. The zero-order valence-corrected chi connectivity index (χ0v) is 15.6. The Morgan fingerprint density at radius 3 is 2.84 bits per heavy atom. The summed E-state index contributed by atoms with van der Waals surface area (Å²) in [6, 6.07) is 0.419. The van der Waals surface area contributed by atoms with E-state index in [9.17, 15) is 0 Å². The van der Waals surface area contributed by atoms with E-state index < -0.39 is 0 Å². The second-order valence-electron chi connectivity index (χ2n) is 7.20. The molecule has 1 aliphatic carbocycles. The van der Waals surface area contributed by atoms with Gasteiger partial charge in [-0.15, -0.1) is 0 Å². The van der Waals surface area contributed by atoms with Crippen LogP contribution in [-0.2, 0) is 14.2 Å². The molecule has 0 aromatic rings. The topological polar surface area (TPSA) is 87.8 Å². The van der Waals surface area contributed by atoms with Gasteiger partial charge in [-0.2, -0.15) is 0 Å². The first kappa shape index (κ1) is 19.4. The fourth-order valence-electron chi connectivity index (χ4n) is 3.94. The zero-order chi connectivity index (χ0) is 17.5. The van der Waals surface area contributed by atoms with Crippen LogP contribution in [-0.4, -0.2) is 83.8 Å². The maximum absolute atomic E-state index is 6.20. The summed E-state index contributed by atoms with van der Waals surface area (Å²) >= 11 is 0. The van der Waals surface area contributed by atoms with E-state index in [1.54, 1.807) is 7.11 Å². The Bertz CT molecular complexity index is 383. The van der Waals surface area contributed by atoms with E-state index in [2.05, 4.69) is 26.6 Å². The van der Waals surface area contributed by atoms with Crippen LogP contribution in [0.2, 0.25) is 0 Å². The van der Waals surface area contributed by atoms with Crippen molar-refractivity contribution in [2.24, 2.45) is 0 Å². The van der Waals surface area contributed by atoms with Gasteiger partial charge in [0.05, 0.1) is 37.7 Å². The molecule has 0 aromatic carbocycles. The Morgan fingerprint density at radius 2 is 2.08 bits per heavy atom. The smallest absolute Gasteiger partial charge is 0.113 e. The maximum atomic E-state index is 6.20. The van der Waals surface area contributed by atoms with Gasteiger partial charge in [0, 0.05) is 32.8 Å². The fourth-order valence-corrected chi connectivity index (χ4v) is 3.94. The van der Waals surface area contributed by atoms with Crippen LogP contribution in [0.25, 0.3) is 0 Å². The lowest BCUT2D eigenvalue weighted by Gasteiger charge is -2.40. The third-order valence-electron chi connectivity index (χ3n) is 5.43. The Kier molecular flexibility index (Phi) is 7.88. The van der Waals surface area contributed by atoms with Crippen molar-refractivity contribution in [3.63, 3.8) is 0 Å². The molecule has 0 bridgehead atoms. The van der Waals surface area contributed by atoms with Crippen molar-refractivity contribution in [3.8, 4) is 0 Å². The lowest BCUT2D eigenvalue weighted by Crippen LogP contribution is -2.66. The number of nitrogens with one attached hydrogen (secondary N) is 5. The molecule has 3 fully saturated rings. The van der Waals surface area contributed by atoms with E-state index in [-0.39, 0.29) is 24.6 Å². The third-order valence-corrected chi connectivity index (χ3v) is 5.43. The average molecular weight is 357 g/mol. The van der Waals surface area contributed by atoms with Crippen LogP contribution in [0.5, 0.6) is 0 Å². The lowest BCUT2D eigenvalue weighted by molar-refractivity contribution is -0.115. The minimum absolute atomic E-state index is 0.116. The summed E-state index contributed by atoms with van der Waals surface area (Å²) in [4.78, 5) is 0. The number of methoxy groups -OCH3 is 1. The van der Waals surface area contributed by atoms with Gasteiger partial charge in [0.25, 0.3) is 0 Å². The van der Waals surface area contributed by atoms with Crippen molar-refractivity contribution in [2.45, 2.75) is 62.5 Å². The van der Waals surface area contributed by atoms with Gasteiger partial charge in [-0.05, 0) is 32.7 Å². The Hall–Kier alpha value is -0.320. The van der Waals surface area contributed by atoms with Gasteiger partial charge < -0.3 is 24.8 Å². The summed E-state index contributed by atoms with van der Waals surface area (Å²) in [6.45, 7) is 4.21. The molecule has 3 aliphatic rings. The third kappa shape index (κ3) is 5.83. The minimum atomic E-state index is 0.116. The number of hydrogen-bond donors (Lipinski definition) is 5. The number of morpholine rings is 1. The molecule has 0 amide bonds. The normalized spacial score (nSPS) is 40.1. The first-order valence-electron chi connectivity index (χ1n) is 9.68. The van der Waals surface area contributed by atoms with Crippen LogP contribution in [0.4, 0.5) is 0 Å². The highest BCUT2D eigenvalue weighted by atomic mass is 16.6. The van der Waals surface area contributed by atoms with E-state index in [0.717, 1.165) is 51.9 Å². The largest absolute Gasteiger partial charge is 0.379 e. The molecule has 5 N–H and O–H groups in total. The van der Waals surface area contributed by atoms with Gasteiger partial charge >= 0.3 is 0 Å². The molecule has 146 valence electrons. The van der Waals surface area contributed by atoms with E-state index in [4.69, 9.17) is 14.2 Å². The van der Waals surface area contributed by atoms with E-state index in [1.165, 1.54) is 0 Å². The van der Waals surface area contributed by atoms with Crippen molar-refractivity contribution in [1.29, 1.82) is 0 Å². The molecule has 0 radical (unpaired) electrons. The van der Waals surface area contributed by atoms with Gasteiger partial charge in [0.15, 0.2) is 0 Å². The number of hydrogen-bond acceptors (Lipinski definition) is 8. The Labute approximate surface area is 151 Å². The van der Waals surface area contributed by atoms with Crippen molar-refractivity contribution < 1.29 is 14.2 Å². The SMILES string of the molecule is CNC1CCNC(NC2CCC(OC)C(OC[C@H]3CNCCO3)C2)N1. The van der Waals surface area contributed by atoms with Crippen LogP contribution < -0.4 is 26.6 Å². The van der Waals surface area contributed by atoms with Crippen LogP contribution in [0, 0.1) is 0 Å². The predicted molar refractivity (Wildman–Crippen MR) is 96.3 cm³/mol. The molecule has 6 atom stereocenters. The molecule has 25 heavy (non-hydrogen) atoms.